The lowest BCUT2D eigenvalue weighted by Gasteiger charge is -2.37. The van der Waals surface area contributed by atoms with Gasteiger partial charge in [-0.15, -0.1) is 0 Å². The first-order chi connectivity index (χ1) is 26.2. The van der Waals surface area contributed by atoms with Gasteiger partial charge in [0.15, 0.2) is 23.3 Å². The van der Waals surface area contributed by atoms with Crippen molar-refractivity contribution < 1.29 is 38.8 Å². The third kappa shape index (κ3) is 6.59. The molecule has 0 spiro atoms. The molecule has 1 saturated heterocycles. The summed E-state index contributed by atoms with van der Waals surface area (Å²) in [6.07, 6.45) is -1.44. The van der Waals surface area contributed by atoms with Crippen LogP contribution >= 0.6 is 0 Å². The Labute approximate surface area is 309 Å². The second-order valence-electron chi connectivity index (χ2n) is 12.7. The Morgan fingerprint density at radius 3 is 2.13 bits per heavy atom. The van der Waals surface area contributed by atoms with E-state index in [9.17, 15) is 20.3 Å². The number of nitro groups is 1. The molecular weight excluding hydrogens is 696 g/mol. The van der Waals surface area contributed by atoms with E-state index in [2.05, 4.69) is 15.0 Å². The van der Waals surface area contributed by atoms with Crippen LogP contribution in [0.4, 0.5) is 11.5 Å². The van der Waals surface area contributed by atoms with Crippen LogP contribution in [0.5, 0.6) is 11.5 Å². The molecule has 4 N–H and O–H groups in total. The highest BCUT2D eigenvalue weighted by molar-refractivity contribution is 5.81. The van der Waals surface area contributed by atoms with Gasteiger partial charge in [0, 0.05) is 6.07 Å². The summed E-state index contributed by atoms with van der Waals surface area (Å²) in [5.41, 5.74) is 5.61. The number of hydrogen-bond acceptors (Lipinski definition) is 13. The summed E-state index contributed by atoms with van der Waals surface area (Å²) >= 11 is 0. The van der Waals surface area contributed by atoms with Gasteiger partial charge in [-0.05, 0) is 47.0 Å². The lowest BCUT2D eigenvalue weighted by atomic mass is 9.80. The fourth-order valence-electron chi connectivity index (χ4n) is 6.88. The number of imidazole rings is 1. The Balaban J connectivity index is 1.27. The maximum absolute atomic E-state index is 12.4. The number of nitrogen functional groups attached to an aromatic ring is 1. The summed E-state index contributed by atoms with van der Waals surface area (Å²) in [5, 5.41) is 36.1. The molecular formula is C39H38N6O9. The van der Waals surface area contributed by atoms with Gasteiger partial charge in [0.1, 0.15) is 41.2 Å². The van der Waals surface area contributed by atoms with Crippen LogP contribution in [0.2, 0.25) is 0 Å². The predicted octanol–water partition coefficient (Wildman–Crippen LogP) is 4.55. The predicted molar refractivity (Wildman–Crippen MR) is 196 cm³/mol. The van der Waals surface area contributed by atoms with Gasteiger partial charge in [-0.3, -0.25) is 14.7 Å². The summed E-state index contributed by atoms with van der Waals surface area (Å²) in [5.74, 6) is 1.41. The van der Waals surface area contributed by atoms with E-state index in [1.165, 1.54) is 23.3 Å². The van der Waals surface area contributed by atoms with E-state index in [1.807, 2.05) is 78.9 Å². The Hall–Kier alpha value is -5.97. The van der Waals surface area contributed by atoms with Crippen molar-refractivity contribution in [2.24, 2.45) is 0 Å². The molecule has 4 atom stereocenters. The zero-order chi connectivity index (χ0) is 37.9. The fourth-order valence-corrected chi connectivity index (χ4v) is 6.88. The number of hydrogen-bond donors (Lipinski definition) is 3. The molecule has 15 nitrogen and oxygen atoms in total. The van der Waals surface area contributed by atoms with Gasteiger partial charge >= 0.3 is 0 Å². The van der Waals surface area contributed by atoms with Gasteiger partial charge < -0.3 is 39.6 Å². The molecule has 15 heteroatoms. The molecule has 1 fully saturated rings. The Bertz CT molecular complexity index is 2170. The molecule has 1 aliphatic heterocycles. The summed E-state index contributed by atoms with van der Waals surface area (Å²) in [6, 6.07) is 30.7. The Kier molecular flexibility index (Phi) is 10.2. The number of anilines is 1. The normalized spacial score (nSPS) is 19.9. The van der Waals surface area contributed by atoms with Crippen LogP contribution in [-0.4, -0.2) is 79.9 Å². The molecule has 278 valence electrons. The molecule has 0 aliphatic carbocycles. The zero-order valence-corrected chi connectivity index (χ0v) is 29.4. The lowest BCUT2D eigenvalue weighted by molar-refractivity contribution is -0.386. The van der Waals surface area contributed by atoms with Crippen LogP contribution in [0.15, 0.2) is 116 Å². The zero-order valence-electron chi connectivity index (χ0n) is 29.4. The number of ether oxygens (including phenoxy) is 5. The van der Waals surface area contributed by atoms with Crippen molar-refractivity contribution in [3.05, 3.63) is 148 Å². The number of methoxy groups -OCH3 is 2. The molecule has 54 heavy (non-hydrogen) atoms. The van der Waals surface area contributed by atoms with Crippen LogP contribution in [-0.2, 0) is 26.4 Å². The first kappa shape index (κ1) is 36.4. The second kappa shape index (κ2) is 15.2. The number of aliphatic hydroxyl groups is 2. The summed E-state index contributed by atoms with van der Waals surface area (Å²) in [6.45, 7) is -0.963. The molecule has 7 rings (SSSR count). The molecule has 0 unspecified atom stereocenters. The second-order valence-corrected chi connectivity index (χ2v) is 12.7. The number of rotatable bonds is 14. The molecule has 4 aromatic carbocycles. The van der Waals surface area contributed by atoms with Gasteiger partial charge in [-0.25, -0.2) is 15.0 Å². The van der Waals surface area contributed by atoms with Crippen molar-refractivity contribution in [2.75, 3.05) is 33.2 Å². The SMILES string of the molecule is COc1ccc(C(OC[C@H]2O[C@@H](n3cnc4c(N)ncnc43)[C@@](O)(COCc3ccccc3[N+](=O)[O-])[C@@H]2O)(c2ccccc2)c2ccc(OC)cc2)cc1. The van der Waals surface area contributed by atoms with E-state index in [0.29, 0.717) is 11.5 Å². The van der Waals surface area contributed by atoms with Crippen molar-refractivity contribution in [3.63, 3.8) is 0 Å². The monoisotopic (exact) mass is 734 g/mol. The molecule has 0 radical (unpaired) electrons. The lowest BCUT2D eigenvalue weighted by Crippen LogP contribution is -2.51. The number of fused-ring (bicyclic) bond motifs is 1. The number of aliphatic hydroxyl groups excluding tert-OH is 1. The van der Waals surface area contributed by atoms with Gasteiger partial charge in [0.05, 0.1) is 50.9 Å². The van der Waals surface area contributed by atoms with Crippen LogP contribution in [0, 0.1) is 10.1 Å². The minimum atomic E-state index is -2.14. The molecule has 3 heterocycles. The average Bonchev–Trinajstić information content (AvgIpc) is 3.74. The molecule has 0 bridgehead atoms. The van der Waals surface area contributed by atoms with E-state index in [1.54, 1.807) is 32.4 Å². The molecule has 0 saturated carbocycles. The minimum absolute atomic E-state index is 0.111. The highest BCUT2D eigenvalue weighted by Crippen LogP contribution is 2.45. The number of para-hydroxylation sites is 1. The molecule has 6 aromatic rings. The third-order valence-corrected chi connectivity index (χ3v) is 9.65. The van der Waals surface area contributed by atoms with Gasteiger partial charge in [0.2, 0.25) is 0 Å². The number of benzene rings is 4. The average molecular weight is 735 g/mol. The highest BCUT2D eigenvalue weighted by atomic mass is 16.6. The van der Waals surface area contributed by atoms with Crippen molar-refractivity contribution in [1.82, 2.24) is 19.5 Å². The van der Waals surface area contributed by atoms with Crippen LogP contribution in [0.25, 0.3) is 11.2 Å². The fraction of sp³-hybridized carbons (Fsp3) is 0.256. The van der Waals surface area contributed by atoms with E-state index in [-0.39, 0.29) is 41.4 Å². The van der Waals surface area contributed by atoms with Gasteiger partial charge in [0.25, 0.3) is 5.69 Å². The minimum Gasteiger partial charge on any atom is -0.497 e. The van der Waals surface area contributed by atoms with Crippen molar-refractivity contribution >= 4 is 22.7 Å². The smallest absolute Gasteiger partial charge is 0.274 e. The summed E-state index contributed by atoms with van der Waals surface area (Å²) in [7, 11) is 3.18. The summed E-state index contributed by atoms with van der Waals surface area (Å²) < 4.78 is 31.8. The standard InChI is InChI=1S/C39H38N6O9/c1-50-29-16-12-27(13-17-29)39(26-9-4-3-5-10-26,28-14-18-30(51-2)19-15-28)53-21-32-34(46)38(47,22-52-20-25-8-6-7-11-31(25)45(48)49)37(54-32)44-24-43-33-35(40)41-23-42-36(33)44/h3-19,23-24,32,34,37,46-47H,20-22H2,1-2H3,(H2,40,41,42)/t32-,34-,37-,38-/m1/s1. The number of nitro benzene ring substituents is 1. The quantitative estimate of drug-likeness (QED) is 0.0801. The molecule has 2 aromatic heterocycles. The van der Waals surface area contributed by atoms with E-state index in [0.717, 1.165) is 16.7 Å². The van der Waals surface area contributed by atoms with E-state index >= 15 is 0 Å². The first-order valence-corrected chi connectivity index (χ1v) is 17.0. The molecule has 1 aliphatic rings. The topological polar surface area (TPSA) is 199 Å². The van der Waals surface area contributed by atoms with Crippen molar-refractivity contribution in [3.8, 4) is 11.5 Å². The number of nitrogens with zero attached hydrogens (tertiary/aromatic N) is 5. The maximum Gasteiger partial charge on any atom is 0.274 e. The van der Waals surface area contributed by atoms with Crippen LogP contribution < -0.4 is 15.2 Å². The van der Waals surface area contributed by atoms with Gasteiger partial charge in [-0.2, -0.15) is 0 Å². The first-order valence-electron chi connectivity index (χ1n) is 17.0. The summed E-state index contributed by atoms with van der Waals surface area (Å²) in [4.78, 5) is 23.8. The maximum atomic E-state index is 12.4. The number of aromatic nitrogens is 4. The number of nitrogens with two attached hydrogens (primary N) is 1. The van der Waals surface area contributed by atoms with Crippen LogP contribution in [0.1, 0.15) is 28.5 Å². The van der Waals surface area contributed by atoms with Crippen molar-refractivity contribution in [2.45, 2.75) is 36.2 Å². The van der Waals surface area contributed by atoms with E-state index < -0.39 is 41.2 Å². The Morgan fingerprint density at radius 1 is 0.889 bits per heavy atom. The Morgan fingerprint density at radius 2 is 1.50 bits per heavy atom. The van der Waals surface area contributed by atoms with Crippen LogP contribution in [0.3, 0.4) is 0 Å². The largest absolute Gasteiger partial charge is 0.497 e. The highest BCUT2D eigenvalue weighted by Gasteiger charge is 2.57. The van der Waals surface area contributed by atoms with E-state index in [4.69, 9.17) is 29.4 Å². The molecule has 0 amide bonds. The van der Waals surface area contributed by atoms with Gasteiger partial charge in [-0.1, -0.05) is 66.7 Å². The van der Waals surface area contributed by atoms with Crippen molar-refractivity contribution in [1.29, 1.82) is 0 Å². The third-order valence-electron chi connectivity index (χ3n) is 9.65.